The third-order valence-corrected chi connectivity index (χ3v) is 5.55. The number of rotatable bonds is 12. The lowest BCUT2D eigenvalue weighted by Crippen LogP contribution is -2.52. The van der Waals surface area contributed by atoms with E-state index in [1.807, 2.05) is 13.0 Å². The topological polar surface area (TPSA) is 140 Å². The van der Waals surface area contributed by atoms with Crippen molar-refractivity contribution in [2.24, 2.45) is 5.73 Å². The van der Waals surface area contributed by atoms with Gasteiger partial charge in [-0.15, -0.1) is 6.58 Å². The number of ether oxygens (including phenoxy) is 2. The molecule has 2 aromatic rings. The number of nitrogens with zero attached hydrogens (tertiary/aromatic N) is 1. The van der Waals surface area contributed by atoms with Gasteiger partial charge in [0.05, 0.1) is 7.11 Å². The van der Waals surface area contributed by atoms with Crippen LogP contribution in [0.1, 0.15) is 50.8 Å². The molecule has 2 atom stereocenters. The van der Waals surface area contributed by atoms with E-state index in [0.717, 1.165) is 5.56 Å². The van der Waals surface area contributed by atoms with E-state index >= 15 is 0 Å². The minimum atomic E-state index is -1.19. The van der Waals surface area contributed by atoms with Crippen molar-refractivity contribution in [3.8, 4) is 5.75 Å². The molecule has 2 aromatic carbocycles. The Hall–Kier alpha value is -4.34. The molecule has 0 aliphatic heterocycles. The highest BCUT2D eigenvalue weighted by Gasteiger charge is 2.36. The van der Waals surface area contributed by atoms with Gasteiger partial charge in [-0.3, -0.25) is 14.4 Å². The van der Waals surface area contributed by atoms with E-state index in [-0.39, 0.29) is 19.4 Å². The fourth-order valence-corrected chi connectivity index (χ4v) is 3.85. The summed E-state index contributed by atoms with van der Waals surface area (Å²) in [5.41, 5.74) is 6.46. The summed E-state index contributed by atoms with van der Waals surface area (Å²) in [6.07, 6.45) is 0.404. The van der Waals surface area contributed by atoms with Crippen molar-refractivity contribution in [1.82, 2.24) is 10.2 Å². The zero-order valence-electron chi connectivity index (χ0n) is 23.2. The van der Waals surface area contributed by atoms with E-state index in [4.69, 9.17) is 15.2 Å². The molecule has 0 aliphatic rings. The van der Waals surface area contributed by atoms with Gasteiger partial charge in [-0.05, 0) is 63.9 Å². The van der Waals surface area contributed by atoms with Crippen molar-refractivity contribution in [3.63, 3.8) is 0 Å². The van der Waals surface area contributed by atoms with Gasteiger partial charge in [0.25, 0.3) is 5.91 Å². The summed E-state index contributed by atoms with van der Waals surface area (Å²) >= 11 is 0. The van der Waals surface area contributed by atoms with Crippen LogP contribution < -0.4 is 21.1 Å². The molecule has 0 aliphatic carbocycles. The molecule has 0 spiro atoms. The SMILES string of the molecule is C=CCN(C(=O)C(CCC(N)=O)NC(=O)OC(C)(C)C)C(C(=O)Nc1ccc(OC)cc1)c1cccc(C)c1. The molecule has 2 unspecified atom stereocenters. The number of nitrogens with one attached hydrogen (secondary N) is 2. The molecular formula is C29H38N4O6. The molecule has 0 saturated heterocycles. The summed E-state index contributed by atoms with van der Waals surface area (Å²) < 4.78 is 10.5. The first-order valence-electron chi connectivity index (χ1n) is 12.5. The quantitative estimate of drug-likeness (QED) is 0.351. The molecular weight excluding hydrogens is 500 g/mol. The van der Waals surface area contributed by atoms with Gasteiger partial charge < -0.3 is 30.7 Å². The second-order valence-corrected chi connectivity index (χ2v) is 10.0. The monoisotopic (exact) mass is 538 g/mol. The Morgan fingerprint density at radius 3 is 2.31 bits per heavy atom. The average molecular weight is 539 g/mol. The fourth-order valence-electron chi connectivity index (χ4n) is 3.85. The van der Waals surface area contributed by atoms with Crippen molar-refractivity contribution in [1.29, 1.82) is 0 Å². The smallest absolute Gasteiger partial charge is 0.408 e. The van der Waals surface area contributed by atoms with Crippen LogP contribution in [0.3, 0.4) is 0 Å². The average Bonchev–Trinajstić information content (AvgIpc) is 2.85. The summed E-state index contributed by atoms with van der Waals surface area (Å²) in [4.78, 5) is 53.1. The van der Waals surface area contributed by atoms with Crippen LogP contribution in [-0.2, 0) is 19.1 Å². The van der Waals surface area contributed by atoms with E-state index in [1.54, 1.807) is 70.3 Å². The third-order valence-electron chi connectivity index (χ3n) is 5.55. The lowest BCUT2D eigenvalue weighted by Gasteiger charge is -2.34. The van der Waals surface area contributed by atoms with Crippen LogP contribution in [0.15, 0.2) is 61.2 Å². The molecule has 0 saturated carbocycles. The largest absolute Gasteiger partial charge is 0.497 e. The summed E-state index contributed by atoms with van der Waals surface area (Å²) in [6, 6.07) is 11.7. The van der Waals surface area contributed by atoms with Gasteiger partial charge >= 0.3 is 6.09 Å². The molecule has 0 aromatic heterocycles. The molecule has 0 fully saturated rings. The van der Waals surface area contributed by atoms with Gasteiger partial charge in [0.1, 0.15) is 23.4 Å². The van der Waals surface area contributed by atoms with Crippen LogP contribution in [0, 0.1) is 6.92 Å². The molecule has 0 radical (unpaired) electrons. The normalized spacial score (nSPS) is 12.4. The molecule has 10 heteroatoms. The predicted molar refractivity (Wildman–Crippen MR) is 149 cm³/mol. The Balaban J connectivity index is 2.49. The fraction of sp³-hybridized carbons (Fsp3) is 0.379. The molecule has 0 bridgehead atoms. The van der Waals surface area contributed by atoms with Gasteiger partial charge in [-0.1, -0.05) is 35.9 Å². The number of benzene rings is 2. The maximum absolute atomic E-state index is 13.9. The second kappa shape index (κ2) is 14.0. The lowest BCUT2D eigenvalue weighted by molar-refractivity contribution is -0.140. The lowest BCUT2D eigenvalue weighted by atomic mass is 10.00. The van der Waals surface area contributed by atoms with Gasteiger partial charge in [0.2, 0.25) is 11.8 Å². The highest BCUT2D eigenvalue weighted by atomic mass is 16.6. The summed E-state index contributed by atoms with van der Waals surface area (Å²) in [7, 11) is 1.54. The Labute approximate surface area is 229 Å². The van der Waals surface area contributed by atoms with E-state index in [0.29, 0.717) is 17.0 Å². The van der Waals surface area contributed by atoms with Crippen molar-refractivity contribution >= 4 is 29.5 Å². The number of hydrogen-bond acceptors (Lipinski definition) is 6. The van der Waals surface area contributed by atoms with Crippen LogP contribution in [0.4, 0.5) is 10.5 Å². The van der Waals surface area contributed by atoms with Gasteiger partial charge in [-0.2, -0.15) is 0 Å². The summed E-state index contributed by atoms with van der Waals surface area (Å²) in [6.45, 7) is 10.7. The maximum atomic E-state index is 13.9. The second-order valence-electron chi connectivity index (χ2n) is 10.0. The highest BCUT2D eigenvalue weighted by Crippen LogP contribution is 2.26. The minimum absolute atomic E-state index is 0.0173. The highest BCUT2D eigenvalue weighted by molar-refractivity contribution is 5.99. The number of amides is 4. The van der Waals surface area contributed by atoms with E-state index in [9.17, 15) is 19.2 Å². The molecule has 39 heavy (non-hydrogen) atoms. The van der Waals surface area contributed by atoms with Crippen molar-refractivity contribution in [2.75, 3.05) is 19.0 Å². The van der Waals surface area contributed by atoms with Crippen LogP contribution >= 0.6 is 0 Å². The first-order valence-corrected chi connectivity index (χ1v) is 12.5. The number of alkyl carbamates (subject to hydrolysis) is 1. The van der Waals surface area contributed by atoms with E-state index < -0.39 is 41.5 Å². The molecule has 210 valence electrons. The third kappa shape index (κ3) is 9.81. The number of carbonyl (C=O) groups excluding carboxylic acids is 4. The number of methoxy groups -OCH3 is 1. The van der Waals surface area contributed by atoms with Crippen LogP contribution in [0.25, 0.3) is 0 Å². The molecule has 4 N–H and O–H groups in total. The first-order chi connectivity index (χ1) is 18.3. The Morgan fingerprint density at radius 2 is 1.77 bits per heavy atom. The number of nitrogens with two attached hydrogens (primary N) is 1. The summed E-state index contributed by atoms with van der Waals surface area (Å²) in [5.74, 6) is -1.09. The number of carbonyl (C=O) groups is 4. The Bertz CT molecular complexity index is 1170. The van der Waals surface area contributed by atoms with Crippen molar-refractivity contribution < 1.29 is 28.7 Å². The number of hydrogen-bond donors (Lipinski definition) is 3. The Kier molecular flexibility index (Phi) is 11.1. The zero-order chi connectivity index (χ0) is 29.2. The van der Waals surface area contributed by atoms with Gasteiger partial charge in [-0.25, -0.2) is 4.79 Å². The zero-order valence-corrected chi connectivity index (χ0v) is 23.2. The predicted octanol–water partition coefficient (Wildman–Crippen LogP) is 3.86. The van der Waals surface area contributed by atoms with Crippen LogP contribution in [0.5, 0.6) is 5.75 Å². The van der Waals surface area contributed by atoms with E-state index in [1.165, 1.54) is 11.0 Å². The first kappa shape index (κ1) is 30.9. The van der Waals surface area contributed by atoms with Gasteiger partial charge in [0, 0.05) is 18.7 Å². The molecule has 2 rings (SSSR count). The van der Waals surface area contributed by atoms with Crippen molar-refractivity contribution in [3.05, 3.63) is 72.3 Å². The standard InChI is InChI=1S/C29H38N4O6/c1-7-17-33(27(36)23(15-16-24(30)34)32-28(37)39-29(3,4)5)25(20-10-8-9-19(2)18-20)26(35)31-21-11-13-22(38-6)14-12-21/h7-14,18,23,25H,1,15-17H2,2-6H3,(H2,30,34)(H,31,35)(H,32,37). The van der Waals surface area contributed by atoms with Crippen molar-refractivity contribution in [2.45, 2.75) is 58.2 Å². The number of primary amides is 1. The number of aryl methyl sites for hydroxylation is 1. The number of anilines is 1. The molecule has 10 nitrogen and oxygen atoms in total. The van der Waals surface area contributed by atoms with Gasteiger partial charge in [0.15, 0.2) is 0 Å². The summed E-state index contributed by atoms with van der Waals surface area (Å²) in [5, 5.41) is 5.40. The Morgan fingerprint density at radius 1 is 1.10 bits per heavy atom. The minimum Gasteiger partial charge on any atom is -0.497 e. The molecule has 4 amide bonds. The van der Waals surface area contributed by atoms with Crippen LogP contribution in [-0.4, -0.2) is 54.0 Å². The van der Waals surface area contributed by atoms with E-state index in [2.05, 4.69) is 17.2 Å². The molecule has 0 heterocycles. The van der Waals surface area contributed by atoms with Crippen LogP contribution in [0.2, 0.25) is 0 Å². The maximum Gasteiger partial charge on any atom is 0.408 e.